The Labute approximate surface area is 120 Å². The summed E-state index contributed by atoms with van der Waals surface area (Å²) >= 11 is 0. The van der Waals surface area contributed by atoms with Gasteiger partial charge in [-0.3, -0.25) is 0 Å². The lowest BCUT2D eigenvalue weighted by atomic mass is 10.3. The van der Waals surface area contributed by atoms with Crippen LogP contribution in [0.2, 0.25) is 0 Å². The van der Waals surface area contributed by atoms with Crippen molar-refractivity contribution in [3.8, 4) is 0 Å². The maximum absolute atomic E-state index is 11.9. The van der Waals surface area contributed by atoms with Crippen LogP contribution < -0.4 is 10.0 Å². The summed E-state index contributed by atoms with van der Waals surface area (Å²) in [6.45, 7) is 4.41. The third kappa shape index (κ3) is 5.22. The molecule has 0 aromatic carbocycles. The lowest BCUT2D eigenvalue weighted by Crippen LogP contribution is -2.29. The molecule has 2 N–H and O–H groups in total. The summed E-state index contributed by atoms with van der Waals surface area (Å²) in [6.07, 6.45) is 5.64. The highest BCUT2D eigenvalue weighted by Gasteiger charge is 2.20. The van der Waals surface area contributed by atoms with E-state index in [0.29, 0.717) is 24.1 Å². The van der Waals surface area contributed by atoms with Crippen molar-refractivity contribution >= 4 is 10.0 Å². The molecule has 1 aliphatic rings. The van der Waals surface area contributed by atoms with Crippen LogP contribution in [0.1, 0.15) is 50.3 Å². The molecule has 7 heteroatoms. The first-order valence-electron chi connectivity index (χ1n) is 7.12. The fourth-order valence-electron chi connectivity index (χ4n) is 1.96. The topological polar surface area (TPSA) is 84.2 Å². The minimum atomic E-state index is -3.28. The van der Waals surface area contributed by atoms with Crippen LogP contribution in [0.25, 0.3) is 0 Å². The van der Waals surface area contributed by atoms with E-state index in [1.165, 1.54) is 12.8 Å². The van der Waals surface area contributed by atoms with E-state index < -0.39 is 16.1 Å². The van der Waals surface area contributed by atoms with E-state index in [2.05, 4.69) is 15.0 Å². The molecule has 114 valence electrons. The highest BCUT2D eigenvalue weighted by atomic mass is 32.2. The Bertz CT molecular complexity index is 523. The zero-order valence-electron chi connectivity index (χ0n) is 12.1. The number of aryl methyl sites for hydroxylation is 1. The first-order chi connectivity index (χ1) is 9.46. The van der Waals surface area contributed by atoms with Crippen molar-refractivity contribution in [2.45, 2.75) is 51.6 Å². The van der Waals surface area contributed by atoms with E-state index in [4.69, 9.17) is 4.42 Å². The van der Waals surface area contributed by atoms with Crippen LogP contribution in [-0.4, -0.2) is 31.7 Å². The van der Waals surface area contributed by atoms with Crippen LogP contribution in [0.3, 0.4) is 0 Å². The molecule has 1 heterocycles. The van der Waals surface area contributed by atoms with Gasteiger partial charge in [0.1, 0.15) is 5.76 Å². The van der Waals surface area contributed by atoms with E-state index in [1.54, 1.807) is 20.0 Å². The number of nitrogens with one attached hydrogen (secondary N) is 2. The van der Waals surface area contributed by atoms with Crippen molar-refractivity contribution in [3.05, 3.63) is 17.8 Å². The number of hydrogen-bond acceptors (Lipinski definition) is 5. The predicted octanol–water partition coefficient (Wildman–Crippen LogP) is 1.50. The Morgan fingerprint density at radius 2 is 2.20 bits per heavy atom. The molecule has 1 aromatic heterocycles. The van der Waals surface area contributed by atoms with Crippen molar-refractivity contribution in [3.63, 3.8) is 0 Å². The van der Waals surface area contributed by atoms with Crippen molar-refractivity contribution in [2.24, 2.45) is 0 Å². The smallest absolute Gasteiger partial charge is 0.212 e. The SMILES string of the molecule is Cc1cnc(C(C)NS(=O)(=O)CCCCNC2CC2)o1. The minimum Gasteiger partial charge on any atom is -0.444 e. The molecule has 20 heavy (non-hydrogen) atoms. The normalized spacial score (nSPS) is 17.3. The van der Waals surface area contributed by atoms with Gasteiger partial charge in [0.15, 0.2) is 0 Å². The second-order valence-corrected chi connectivity index (χ2v) is 7.28. The third-order valence-electron chi connectivity index (χ3n) is 3.22. The fourth-order valence-corrected chi connectivity index (χ4v) is 3.30. The van der Waals surface area contributed by atoms with E-state index in [1.807, 2.05) is 0 Å². The summed E-state index contributed by atoms with van der Waals surface area (Å²) in [7, 11) is -3.28. The molecule has 1 unspecified atom stereocenters. The minimum absolute atomic E-state index is 0.142. The van der Waals surface area contributed by atoms with Crippen molar-refractivity contribution < 1.29 is 12.8 Å². The summed E-state index contributed by atoms with van der Waals surface area (Å²) in [5.74, 6) is 1.22. The zero-order chi connectivity index (χ0) is 14.6. The number of nitrogens with zero attached hydrogens (tertiary/aromatic N) is 1. The van der Waals surface area contributed by atoms with E-state index >= 15 is 0 Å². The number of rotatable bonds is 9. The van der Waals surface area contributed by atoms with Crippen LogP contribution in [0.15, 0.2) is 10.6 Å². The van der Waals surface area contributed by atoms with Gasteiger partial charge in [0.25, 0.3) is 0 Å². The molecule has 1 aliphatic carbocycles. The summed E-state index contributed by atoms with van der Waals surface area (Å²) in [4.78, 5) is 4.03. The van der Waals surface area contributed by atoms with Gasteiger partial charge in [-0.2, -0.15) is 0 Å². The van der Waals surface area contributed by atoms with Gasteiger partial charge in [-0.25, -0.2) is 18.1 Å². The van der Waals surface area contributed by atoms with E-state index in [9.17, 15) is 8.42 Å². The van der Waals surface area contributed by atoms with Gasteiger partial charge in [0.2, 0.25) is 15.9 Å². The number of hydrogen-bond donors (Lipinski definition) is 2. The predicted molar refractivity (Wildman–Crippen MR) is 76.8 cm³/mol. The average molecular weight is 301 g/mol. The lowest BCUT2D eigenvalue weighted by Gasteiger charge is -2.11. The quantitative estimate of drug-likeness (QED) is 0.675. The van der Waals surface area contributed by atoms with E-state index in [-0.39, 0.29) is 5.75 Å². The van der Waals surface area contributed by atoms with Gasteiger partial charge in [-0.15, -0.1) is 0 Å². The molecule has 0 radical (unpaired) electrons. The van der Waals surface area contributed by atoms with Crippen LogP contribution in [0.5, 0.6) is 0 Å². The number of sulfonamides is 1. The Hall–Kier alpha value is -0.920. The molecule has 1 fully saturated rings. The average Bonchev–Trinajstić information content (AvgIpc) is 3.08. The molecule has 0 spiro atoms. The molecule has 0 amide bonds. The van der Waals surface area contributed by atoms with Crippen molar-refractivity contribution in [2.75, 3.05) is 12.3 Å². The highest BCUT2D eigenvalue weighted by Crippen LogP contribution is 2.18. The molecule has 0 saturated heterocycles. The highest BCUT2D eigenvalue weighted by molar-refractivity contribution is 7.89. The first-order valence-corrected chi connectivity index (χ1v) is 8.77. The van der Waals surface area contributed by atoms with Gasteiger partial charge in [-0.1, -0.05) is 0 Å². The Morgan fingerprint density at radius 3 is 2.80 bits per heavy atom. The van der Waals surface area contributed by atoms with Crippen LogP contribution in [-0.2, 0) is 10.0 Å². The van der Waals surface area contributed by atoms with Gasteiger partial charge in [0.05, 0.1) is 18.0 Å². The molecule has 2 rings (SSSR count). The standard InChI is InChI=1S/C13H23N3O3S/c1-10-9-15-13(19-10)11(2)16-20(17,18)8-4-3-7-14-12-5-6-12/h9,11-12,14,16H,3-8H2,1-2H3. The maximum atomic E-state index is 11.9. The number of unbranched alkanes of at least 4 members (excludes halogenated alkanes) is 1. The summed E-state index contributed by atoms with van der Waals surface area (Å²) in [6, 6.07) is 0.247. The maximum Gasteiger partial charge on any atom is 0.212 e. The summed E-state index contributed by atoms with van der Waals surface area (Å²) < 4.78 is 31.8. The lowest BCUT2D eigenvalue weighted by molar-refractivity contribution is 0.427. The Kier molecular flexibility index (Phi) is 5.17. The van der Waals surface area contributed by atoms with Gasteiger partial charge in [-0.05, 0) is 46.1 Å². The monoisotopic (exact) mass is 301 g/mol. The van der Waals surface area contributed by atoms with Crippen LogP contribution in [0.4, 0.5) is 0 Å². The number of oxazole rings is 1. The molecule has 1 atom stereocenters. The summed E-state index contributed by atoms with van der Waals surface area (Å²) in [5, 5.41) is 3.37. The molecular formula is C13H23N3O3S. The molecule has 1 saturated carbocycles. The number of aromatic nitrogens is 1. The van der Waals surface area contributed by atoms with E-state index in [0.717, 1.165) is 13.0 Å². The second kappa shape index (κ2) is 6.69. The molecule has 1 aromatic rings. The molecule has 0 bridgehead atoms. The fraction of sp³-hybridized carbons (Fsp3) is 0.769. The third-order valence-corrected chi connectivity index (χ3v) is 4.75. The van der Waals surface area contributed by atoms with Crippen LogP contribution >= 0.6 is 0 Å². The van der Waals surface area contributed by atoms with Crippen molar-refractivity contribution in [1.82, 2.24) is 15.0 Å². The van der Waals surface area contributed by atoms with Gasteiger partial charge >= 0.3 is 0 Å². The molecule has 6 nitrogen and oxygen atoms in total. The first kappa shape index (κ1) is 15.5. The molecular weight excluding hydrogens is 278 g/mol. The zero-order valence-corrected chi connectivity index (χ0v) is 12.9. The Balaban J connectivity index is 1.69. The van der Waals surface area contributed by atoms with Gasteiger partial charge < -0.3 is 9.73 Å². The van der Waals surface area contributed by atoms with Gasteiger partial charge in [0, 0.05) is 6.04 Å². The molecule has 0 aliphatic heterocycles. The summed E-state index contributed by atoms with van der Waals surface area (Å²) in [5.41, 5.74) is 0. The van der Waals surface area contributed by atoms with Crippen molar-refractivity contribution in [1.29, 1.82) is 0 Å². The Morgan fingerprint density at radius 1 is 1.45 bits per heavy atom. The largest absolute Gasteiger partial charge is 0.444 e. The van der Waals surface area contributed by atoms with Crippen LogP contribution in [0, 0.1) is 6.92 Å². The second-order valence-electron chi connectivity index (χ2n) is 5.40.